The summed E-state index contributed by atoms with van der Waals surface area (Å²) in [5.74, 6) is -0.945. The van der Waals surface area contributed by atoms with Crippen LogP contribution in [-0.2, 0) is 4.79 Å². The summed E-state index contributed by atoms with van der Waals surface area (Å²) in [5, 5.41) is 33.9. The Hall–Kier alpha value is -3.17. The molecule has 1 amide bonds. The number of thioether (sulfide) groups is 1. The number of nitrogens with one attached hydrogen (secondary N) is 1. The van der Waals surface area contributed by atoms with Crippen LogP contribution >= 0.6 is 11.8 Å². The molecule has 2 aliphatic rings. The standard InChI is InChI=1S/C20H14N2O3S/c21-9-14-18(24)17-15(10-26-20(17)22-19(14)25)12-7-5-11(6-8-12)13-3-1-2-4-16(13)23/h1-8,10,17,20,23-24H,(H,22,25). The van der Waals surface area contributed by atoms with E-state index in [9.17, 15) is 15.0 Å². The number of amides is 1. The van der Waals surface area contributed by atoms with E-state index in [1.165, 1.54) is 11.8 Å². The van der Waals surface area contributed by atoms with Gasteiger partial charge < -0.3 is 15.5 Å². The van der Waals surface area contributed by atoms with Crippen LogP contribution in [-0.4, -0.2) is 21.5 Å². The summed E-state index contributed by atoms with van der Waals surface area (Å²) in [5.41, 5.74) is 3.14. The molecule has 5 nitrogen and oxygen atoms in total. The highest BCUT2D eigenvalue weighted by Gasteiger charge is 2.42. The Kier molecular flexibility index (Phi) is 3.94. The first-order chi connectivity index (χ1) is 12.6. The van der Waals surface area contributed by atoms with E-state index in [0.717, 1.165) is 22.3 Å². The second-order valence-electron chi connectivity index (χ2n) is 6.05. The Labute approximate surface area is 154 Å². The van der Waals surface area contributed by atoms with Gasteiger partial charge in [0.1, 0.15) is 17.6 Å². The number of hydrogen-bond donors (Lipinski definition) is 3. The third kappa shape index (κ3) is 2.54. The zero-order valence-corrected chi connectivity index (χ0v) is 14.3. The van der Waals surface area contributed by atoms with Crippen molar-refractivity contribution in [2.45, 2.75) is 5.37 Å². The van der Waals surface area contributed by atoms with Crippen molar-refractivity contribution >= 4 is 23.2 Å². The van der Waals surface area contributed by atoms with E-state index in [2.05, 4.69) is 5.32 Å². The number of phenols is 1. The van der Waals surface area contributed by atoms with Gasteiger partial charge >= 0.3 is 0 Å². The molecule has 0 radical (unpaired) electrons. The Bertz CT molecular complexity index is 1000. The first-order valence-electron chi connectivity index (χ1n) is 7.98. The minimum absolute atomic E-state index is 0.178. The first-order valence-corrected chi connectivity index (χ1v) is 8.93. The molecule has 0 fully saturated rings. The topological polar surface area (TPSA) is 93.3 Å². The van der Waals surface area contributed by atoms with Gasteiger partial charge in [-0.3, -0.25) is 4.79 Å². The van der Waals surface area contributed by atoms with Gasteiger partial charge in [-0.15, -0.1) is 11.8 Å². The minimum Gasteiger partial charge on any atom is -0.510 e. The van der Waals surface area contributed by atoms with Crippen LogP contribution in [0.3, 0.4) is 0 Å². The smallest absolute Gasteiger partial charge is 0.266 e. The van der Waals surface area contributed by atoms with Crippen molar-refractivity contribution in [2.24, 2.45) is 5.92 Å². The molecule has 4 rings (SSSR count). The predicted molar refractivity (Wildman–Crippen MR) is 99.8 cm³/mol. The molecule has 3 N–H and O–H groups in total. The van der Waals surface area contributed by atoms with Crippen molar-refractivity contribution in [3.8, 4) is 22.9 Å². The third-order valence-corrected chi connectivity index (χ3v) is 5.65. The molecule has 128 valence electrons. The number of carbonyl (C=O) groups is 1. The van der Waals surface area contributed by atoms with Crippen molar-refractivity contribution in [3.05, 3.63) is 70.8 Å². The van der Waals surface area contributed by atoms with E-state index in [1.807, 2.05) is 41.8 Å². The molecule has 6 heteroatoms. The molecular formula is C20H14N2O3S. The van der Waals surface area contributed by atoms with Crippen LogP contribution in [0.15, 0.2) is 65.3 Å². The molecular weight excluding hydrogens is 348 g/mol. The maximum absolute atomic E-state index is 11.8. The number of aliphatic hydroxyl groups is 1. The van der Waals surface area contributed by atoms with Crippen molar-refractivity contribution < 1.29 is 15.0 Å². The van der Waals surface area contributed by atoms with E-state index in [-0.39, 0.29) is 22.5 Å². The Balaban J connectivity index is 1.69. The second-order valence-corrected chi connectivity index (χ2v) is 7.06. The summed E-state index contributed by atoms with van der Waals surface area (Å²) in [6.45, 7) is 0. The number of para-hydroxylation sites is 1. The number of aliphatic hydroxyl groups excluding tert-OH is 1. The number of aromatic hydroxyl groups is 1. The third-order valence-electron chi connectivity index (χ3n) is 4.58. The summed E-state index contributed by atoms with van der Waals surface area (Å²) < 4.78 is 0. The first kappa shape index (κ1) is 16.3. The van der Waals surface area contributed by atoms with Crippen LogP contribution in [0.5, 0.6) is 5.75 Å². The van der Waals surface area contributed by atoms with Crippen molar-refractivity contribution in [1.29, 1.82) is 5.26 Å². The molecule has 2 aliphatic heterocycles. The van der Waals surface area contributed by atoms with Crippen LogP contribution in [0.2, 0.25) is 0 Å². The molecule has 0 bridgehead atoms. The highest BCUT2D eigenvalue weighted by Crippen LogP contribution is 2.46. The maximum Gasteiger partial charge on any atom is 0.266 e. The number of phenolic OH excluding ortho intramolecular Hbond substituents is 1. The van der Waals surface area contributed by atoms with Gasteiger partial charge in [0, 0.05) is 5.56 Å². The SMILES string of the molecule is N#CC1=C(O)C2C(c3ccc(-c4ccccc4O)cc3)=CSC2NC1=O. The number of carbonyl (C=O) groups excluding carboxylic acids is 1. The summed E-state index contributed by atoms with van der Waals surface area (Å²) >= 11 is 1.41. The molecule has 0 aromatic heterocycles. The lowest BCUT2D eigenvalue weighted by Gasteiger charge is -2.27. The van der Waals surface area contributed by atoms with E-state index >= 15 is 0 Å². The number of hydrogen-bond acceptors (Lipinski definition) is 5. The van der Waals surface area contributed by atoms with Crippen molar-refractivity contribution in [3.63, 3.8) is 0 Å². The van der Waals surface area contributed by atoms with Gasteiger partial charge in [-0.05, 0) is 28.2 Å². The van der Waals surface area contributed by atoms with Crippen LogP contribution < -0.4 is 5.32 Å². The number of fused-ring (bicyclic) bond motifs is 1. The molecule has 2 aromatic rings. The molecule has 26 heavy (non-hydrogen) atoms. The Morgan fingerprint density at radius 2 is 1.73 bits per heavy atom. The Morgan fingerprint density at radius 3 is 2.42 bits per heavy atom. The maximum atomic E-state index is 11.8. The predicted octanol–water partition coefficient (Wildman–Crippen LogP) is 3.55. The van der Waals surface area contributed by atoms with Gasteiger partial charge in [-0.25, -0.2) is 0 Å². The highest BCUT2D eigenvalue weighted by molar-refractivity contribution is 8.03. The normalized spacial score (nSPS) is 21.7. The fourth-order valence-electron chi connectivity index (χ4n) is 3.26. The molecule has 0 aliphatic carbocycles. The monoisotopic (exact) mass is 362 g/mol. The van der Waals surface area contributed by atoms with Crippen LogP contribution in [0.4, 0.5) is 0 Å². The largest absolute Gasteiger partial charge is 0.510 e. The fraction of sp³-hybridized carbons (Fsp3) is 0.100. The number of benzene rings is 2. The molecule has 0 saturated heterocycles. The minimum atomic E-state index is -0.539. The van der Waals surface area contributed by atoms with Gasteiger partial charge in [0.15, 0.2) is 5.57 Å². The zero-order chi connectivity index (χ0) is 18.3. The quantitative estimate of drug-likeness (QED) is 0.760. The van der Waals surface area contributed by atoms with Crippen molar-refractivity contribution in [1.82, 2.24) is 5.32 Å². The average molecular weight is 362 g/mol. The molecule has 0 spiro atoms. The summed E-state index contributed by atoms with van der Waals surface area (Å²) in [6, 6.07) is 16.5. The lowest BCUT2D eigenvalue weighted by Crippen LogP contribution is -2.43. The van der Waals surface area contributed by atoms with Crippen molar-refractivity contribution in [2.75, 3.05) is 0 Å². The second kappa shape index (κ2) is 6.28. The molecule has 2 heterocycles. The van der Waals surface area contributed by atoms with Gasteiger partial charge in [-0.1, -0.05) is 42.5 Å². The number of nitriles is 1. The summed E-state index contributed by atoms with van der Waals surface area (Å²) in [6.07, 6.45) is 0. The average Bonchev–Trinajstić information content (AvgIpc) is 3.06. The Morgan fingerprint density at radius 1 is 1.04 bits per heavy atom. The molecule has 2 unspecified atom stereocenters. The summed E-state index contributed by atoms with van der Waals surface area (Å²) in [4.78, 5) is 11.8. The molecule has 2 atom stereocenters. The van der Waals surface area contributed by atoms with E-state index in [0.29, 0.717) is 0 Å². The van der Waals surface area contributed by atoms with Gasteiger partial charge in [0.05, 0.1) is 11.3 Å². The van der Waals surface area contributed by atoms with Gasteiger partial charge in [0.25, 0.3) is 5.91 Å². The number of rotatable bonds is 2. The van der Waals surface area contributed by atoms with Crippen LogP contribution in [0, 0.1) is 17.2 Å². The molecule has 2 aromatic carbocycles. The van der Waals surface area contributed by atoms with Crippen LogP contribution in [0.1, 0.15) is 5.56 Å². The zero-order valence-electron chi connectivity index (χ0n) is 13.5. The van der Waals surface area contributed by atoms with E-state index < -0.39 is 11.8 Å². The number of nitrogens with zero attached hydrogens (tertiary/aromatic N) is 1. The van der Waals surface area contributed by atoms with E-state index in [1.54, 1.807) is 18.2 Å². The van der Waals surface area contributed by atoms with E-state index in [4.69, 9.17) is 5.26 Å². The summed E-state index contributed by atoms with van der Waals surface area (Å²) in [7, 11) is 0. The van der Waals surface area contributed by atoms with Gasteiger partial charge in [0.2, 0.25) is 0 Å². The fourth-order valence-corrected chi connectivity index (χ4v) is 4.44. The lowest BCUT2D eigenvalue weighted by atomic mass is 9.87. The van der Waals surface area contributed by atoms with Gasteiger partial charge in [-0.2, -0.15) is 5.26 Å². The van der Waals surface area contributed by atoms with Crippen LogP contribution in [0.25, 0.3) is 16.7 Å². The molecule has 0 saturated carbocycles. The highest BCUT2D eigenvalue weighted by atomic mass is 32.2. The lowest BCUT2D eigenvalue weighted by molar-refractivity contribution is -0.118.